The third kappa shape index (κ3) is 2.60. The average molecular weight is 268 g/mol. The molecule has 0 atom stereocenters. The van der Waals surface area contributed by atoms with Crippen LogP contribution in [0.15, 0.2) is 18.2 Å². The lowest BCUT2D eigenvalue weighted by Gasteiger charge is -2.07. The van der Waals surface area contributed by atoms with Gasteiger partial charge in [0.1, 0.15) is 5.75 Å². The van der Waals surface area contributed by atoms with Gasteiger partial charge in [-0.05, 0) is 41.6 Å². The lowest BCUT2D eigenvalue weighted by molar-refractivity contribution is 0.415. The fraction of sp³-hybridized carbons (Fsp3) is 0.364. The Labute approximate surface area is 110 Å². The maximum Gasteiger partial charge on any atom is 0.156 e. The van der Waals surface area contributed by atoms with Gasteiger partial charge >= 0.3 is 0 Å². The van der Waals surface area contributed by atoms with E-state index in [1.807, 2.05) is 6.07 Å². The first-order valence-electron chi connectivity index (χ1n) is 5.57. The molecule has 0 aliphatic rings. The van der Waals surface area contributed by atoms with Gasteiger partial charge < -0.3 is 10.5 Å². The van der Waals surface area contributed by atoms with Crippen LogP contribution in [-0.4, -0.2) is 33.9 Å². The number of rotatable bonds is 5. The van der Waals surface area contributed by atoms with Gasteiger partial charge in [-0.3, -0.25) is 0 Å². The van der Waals surface area contributed by atoms with Crippen molar-refractivity contribution in [2.75, 3.05) is 13.7 Å². The highest BCUT2D eigenvalue weighted by atomic mass is 35.5. The predicted octanol–water partition coefficient (Wildman–Crippen LogP) is 1.22. The summed E-state index contributed by atoms with van der Waals surface area (Å²) in [5.74, 6) is 1.39. The zero-order chi connectivity index (χ0) is 13.0. The lowest BCUT2D eigenvalue weighted by Crippen LogP contribution is -2.07. The Morgan fingerprint density at radius 1 is 1.44 bits per heavy atom. The van der Waals surface area contributed by atoms with E-state index in [2.05, 4.69) is 15.5 Å². The summed E-state index contributed by atoms with van der Waals surface area (Å²) >= 11 is 6.08. The van der Waals surface area contributed by atoms with Crippen molar-refractivity contribution in [3.8, 4) is 11.4 Å². The number of nitrogens with two attached hydrogens (primary N) is 1. The number of methoxy groups -OCH3 is 1. The largest absolute Gasteiger partial charge is 0.495 e. The van der Waals surface area contributed by atoms with Crippen molar-refractivity contribution in [2.24, 2.45) is 5.73 Å². The smallest absolute Gasteiger partial charge is 0.156 e. The minimum absolute atomic E-state index is 0.523. The topological polar surface area (TPSA) is 78.8 Å². The van der Waals surface area contributed by atoms with Gasteiger partial charge in [-0.25, -0.2) is 0 Å². The summed E-state index contributed by atoms with van der Waals surface area (Å²) in [6, 6.07) is 5.40. The molecule has 0 saturated carbocycles. The molecular weight excluding hydrogens is 254 g/mol. The van der Waals surface area contributed by atoms with Crippen molar-refractivity contribution in [3.05, 3.63) is 29.0 Å². The summed E-state index contributed by atoms with van der Waals surface area (Å²) in [7, 11) is 1.57. The summed E-state index contributed by atoms with van der Waals surface area (Å²) in [5.41, 5.74) is 6.28. The van der Waals surface area contributed by atoms with Crippen LogP contribution in [0.2, 0.25) is 5.02 Å². The maximum absolute atomic E-state index is 6.08. The highest BCUT2D eigenvalue weighted by molar-refractivity contribution is 6.32. The quantitative estimate of drug-likeness (QED) is 0.881. The minimum Gasteiger partial charge on any atom is -0.495 e. The molecule has 2 aromatic rings. The Bertz CT molecular complexity index is 528. The number of benzene rings is 1. The summed E-state index contributed by atoms with van der Waals surface area (Å²) in [5, 5.41) is 12.1. The molecule has 0 unspecified atom stereocenters. The number of tetrazole rings is 1. The molecule has 1 aromatic carbocycles. The SMILES string of the molecule is COc1ccc(-n2nnnc2CCCN)cc1Cl. The molecule has 1 aromatic heterocycles. The molecule has 96 valence electrons. The van der Waals surface area contributed by atoms with E-state index in [0.717, 1.165) is 24.4 Å². The second-order valence-electron chi connectivity index (χ2n) is 3.72. The van der Waals surface area contributed by atoms with Crippen LogP contribution < -0.4 is 10.5 Å². The van der Waals surface area contributed by atoms with E-state index in [-0.39, 0.29) is 0 Å². The number of aromatic nitrogens is 4. The molecule has 0 bridgehead atoms. The van der Waals surface area contributed by atoms with Gasteiger partial charge in [0, 0.05) is 6.42 Å². The molecule has 0 saturated heterocycles. The normalized spacial score (nSPS) is 10.6. The van der Waals surface area contributed by atoms with Crippen molar-refractivity contribution < 1.29 is 4.74 Å². The Hall–Kier alpha value is -1.66. The van der Waals surface area contributed by atoms with Crippen LogP contribution >= 0.6 is 11.6 Å². The standard InChI is InChI=1S/C11H14ClN5O/c1-18-10-5-4-8(7-9(10)12)17-11(3-2-6-13)14-15-16-17/h4-5,7H,2-3,6,13H2,1H3. The Balaban J connectivity index is 2.31. The Morgan fingerprint density at radius 2 is 2.28 bits per heavy atom. The molecule has 0 aliphatic heterocycles. The average Bonchev–Trinajstić information content (AvgIpc) is 2.84. The van der Waals surface area contributed by atoms with Gasteiger partial charge in [-0.2, -0.15) is 4.68 Å². The molecule has 0 spiro atoms. The van der Waals surface area contributed by atoms with Gasteiger partial charge in [0.15, 0.2) is 5.82 Å². The molecule has 0 aliphatic carbocycles. The highest BCUT2D eigenvalue weighted by Crippen LogP contribution is 2.26. The molecule has 7 heteroatoms. The number of halogens is 1. The van der Waals surface area contributed by atoms with Gasteiger partial charge in [0.05, 0.1) is 17.8 Å². The fourth-order valence-electron chi connectivity index (χ4n) is 1.61. The summed E-state index contributed by atoms with van der Waals surface area (Å²) in [6.45, 7) is 0.607. The van der Waals surface area contributed by atoms with Crippen LogP contribution in [0, 0.1) is 0 Å². The molecule has 0 amide bonds. The number of hydrogen-bond donors (Lipinski definition) is 1. The van der Waals surface area contributed by atoms with Crippen LogP contribution in [0.1, 0.15) is 12.2 Å². The molecule has 6 nitrogen and oxygen atoms in total. The Morgan fingerprint density at radius 3 is 2.94 bits per heavy atom. The first kappa shape index (κ1) is 12.8. The van der Waals surface area contributed by atoms with Crippen LogP contribution in [0.5, 0.6) is 5.75 Å². The molecule has 18 heavy (non-hydrogen) atoms. The van der Waals surface area contributed by atoms with Gasteiger partial charge in [-0.15, -0.1) is 5.10 Å². The zero-order valence-corrected chi connectivity index (χ0v) is 10.8. The van der Waals surface area contributed by atoms with E-state index in [0.29, 0.717) is 17.3 Å². The number of ether oxygens (including phenoxy) is 1. The fourth-order valence-corrected chi connectivity index (χ4v) is 1.86. The second kappa shape index (κ2) is 5.79. The van der Waals surface area contributed by atoms with Gasteiger partial charge in [-0.1, -0.05) is 11.6 Å². The van der Waals surface area contributed by atoms with E-state index in [4.69, 9.17) is 22.1 Å². The van der Waals surface area contributed by atoms with Crippen LogP contribution in [0.3, 0.4) is 0 Å². The van der Waals surface area contributed by atoms with Crippen LogP contribution in [-0.2, 0) is 6.42 Å². The lowest BCUT2D eigenvalue weighted by atomic mass is 10.2. The molecule has 2 N–H and O–H groups in total. The third-order valence-corrected chi connectivity index (χ3v) is 2.81. The third-order valence-electron chi connectivity index (χ3n) is 2.52. The van der Waals surface area contributed by atoms with E-state index < -0.39 is 0 Å². The van der Waals surface area contributed by atoms with Crippen molar-refractivity contribution >= 4 is 11.6 Å². The van der Waals surface area contributed by atoms with E-state index >= 15 is 0 Å². The zero-order valence-electron chi connectivity index (χ0n) is 10.0. The maximum atomic E-state index is 6.08. The predicted molar refractivity (Wildman–Crippen MR) is 68.1 cm³/mol. The summed E-state index contributed by atoms with van der Waals surface area (Å²) < 4.78 is 6.76. The molecule has 0 fully saturated rings. The summed E-state index contributed by atoms with van der Waals surface area (Å²) in [4.78, 5) is 0. The van der Waals surface area contributed by atoms with E-state index in [1.165, 1.54) is 0 Å². The molecular formula is C11H14ClN5O. The van der Waals surface area contributed by atoms with Crippen molar-refractivity contribution in [1.82, 2.24) is 20.2 Å². The monoisotopic (exact) mass is 267 g/mol. The number of hydrogen-bond acceptors (Lipinski definition) is 5. The Kier molecular flexibility index (Phi) is 4.11. The van der Waals surface area contributed by atoms with Gasteiger partial charge in [0.25, 0.3) is 0 Å². The number of nitrogens with zero attached hydrogens (tertiary/aromatic N) is 4. The first-order chi connectivity index (χ1) is 8.76. The van der Waals surface area contributed by atoms with Crippen molar-refractivity contribution in [1.29, 1.82) is 0 Å². The highest BCUT2D eigenvalue weighted by Gasteiger charge is 2.09. The van der Waals surface area contributed by atoms with Crippen LogP contribution in [0.4, 0.5) is 0 Å². The first-order valence-corrected chi connectivity index (χ1v) is 5.95. The van der Waals surface area contributed by atoms with Crippen LogP contribution in [0.25, 0.3) is 5.69 Å². The summed E-state index contributed by atoms with van der Waals surface area (Å²) in [6.07, 6.45) is 1.57. The second-order valence-corrected chi connectivity index (χ2v) is 4.13. The van der Waals surface area contributed by atoms with E-state index in [1.54, 1.807) is 23.9 Å². The van der Waals surface area contributed by atoms with Gasteiger partial charge in [0.2, 0.25) is 0 Å². The molecule has 2 rings (SSSR count). The van der Waals surface area contributed by atoms with Crippen molar-refractivity contribution in [2.45, 2.75) is 12.8 Å². The molecule has 0 radical (unpaired) electrons. The van der Waals surface area contributed by atoms with Crippen molar-refractivity contribution in [3.63, 3.8) is 0 Å². The molecule has 1 heterocycles. The van der Waals surface area contributed by atoms with E-state index in [9.17, 15) is 0 Å². The minimum atomic E-state index is 0.523. The number of aryl methyl sites for hydroxylation is 1.